The first-order valence-electron chi connectivity index (χ1n) is 5.39. The van der Waals surface area contributed by atoms with Crippen LogP contribution in [0.5, 0.6) is 0 Å². The van der Waals surface area contributed by atoms with Gasteiger partial charge in [-0.15, -0.1) is 0 Å². The number of amides is 1. The molecule has 0 bridgehead atoms. The van der Waals surface area contributed by atoms with Gasteiger partial charge in [0.05, 0.1) is 5.75 Å². The summed E-state index contributed by atoms with van der Waals surface area (Å²) in [5.74, 6) is -1.07. The molecule has 1 rings (SSSR count). The minimum absolute atomic E-state index is 0.109. The van der Waals surface area contributed by atoms with Crippen molar-refractivity contribution >= 4 is 15.9 Å². The van der Waals surface area contributed by atoms with E-state index >= 15 is 0 Å². The van der Waals surface area contributed by atoms with Gasteiger partial charge in [-0.2, -0.15) is 0 Å². The second-order valence-corrected chi connectivity index (χ2v) is 5.75. The molecule has 0 radical (unpaired) electrons. The molecule has 7 heteroatoms. The van der Waals surface area contributed by atoms with E-state index in [4.69, 9.17) is 10.8 Å². The standard InChI is InChI=1S/C11H16N2O4S/c12-11(15)10(14)8-13-18(16,17)7-6-9-4-2-1-3-5-9/h1-5,10,13-14H,6-8H2,(H2,12,15). The molecule has 1 amide bonds. The molecule has 1 aromatic carbocycles. The van der Waals surface area contributed by atoms with Gasteiger partial charge in [-0.3, -0.25) is 4.79 Å². The van der Waals surface area contributed by atoms with E-state index in [0.29, 0.717) is 6.42 Å². The van der Waals surface area contributed by atoms with Crippen LogP contribution in [0, 0.1) is 0 Å². The van der Waals surface area contributed by atoms with Crippen molar-refractivity contribution in [2.75, 3.05) is 12.3 Å². The minimum Gasteiger partial charge on any atom is -0.382 e. The van der Waals surface area contributed by atoms with Gasteiger partial charge in [-0.05, 0) is 12.0 Å². The molecule has 1 aromatic rings. The molecule has 0 aromatic heterocycles. The van der Waals surface area contributed by atoms with Gasteiger partial charge in [0.25, 0.3) is 0 Å². The van der Waals surface area contributed by atoms with Crippen molar-refractivity contribution in [1.29, 1.82) is 0 Å². The van der Waals surface area contributed by atoms with Crippen molar-refractivity contribution in [3.63, 3.8) is 0 Å². The molecule has 1 atom stereocenters. The van der Waals surface area contributed by atoms with Gasteiger partial charge in [0.1, 0.15) is 6.10 Å². The molecule has 4 N–H and O–H groups in total. The van der Waals surface area contributed by atoms with E-state index in [-0.39, 0.29) is 5.75 Å². The van der Waals surface area contributed by atoms with Crippen LogP contribution < -0.4 is 10.5 Å². The van der Waals surface area contributed by atoms with Gasteiger partial charge >= 0.3 is 0 Å². The Kier molecular flexibility index (Phi) is 5.26. The summed E-state index contributed by atoms with van der Waals surface area (Å²) < 4.78 is 25.2. The summed E-state index contributed by atoms with van der Waals surface area (Å²) in [6, 6.07) is 9.15. The van der Waals surface area contributed by atoms with E-state index in [0.717, 1.165) is 5.56 Å². The molecule has 0 saturated carbocycles. The maximum Gasteiger partial charge on any atom is 0.247 e. The number of rotatable bonds is 7. The van der Waals surface area contributed by atoms with Crippen molar-refractivity contribution in [3.05, 3.63) is 35.9 Å². The molecule has 0 spiro atoms. The zero-order valence-electron chi connectivity index (χ0n) is 9.74. The highest BCUT2D eigenvalue weighted by Gasteiger charge is 2.16. The van der Waals surface area contributed by atoms with Crippen LogP contribution in [-0.4, -0.2) is 37.8 Å². The smallest absolute Gasteiger partial charge is 0.247 e. The Morgan fingerprint density at radius 1 is 1.33 bits per heavy atom. The van der Waals surface area contributed by atoms with Crippen LogP contribution in [0.25, 0.3) is 0 Å². The Balaban J connectivity index is 2.43. The zero-order valence-corrected chi connectivity index (χ0v) is 10.6. The van der Waals surface area contributed by atoms with E-state index in [2.05, 4.69) is 4.72 Å². The minimum atomic E-state index is -3.53. The predicted molar refractivity (Wildman–Crippen MR) is 67.1 cm³/mol. The van der Waals surface area contributed by atoms with E-state index in [9.17, 15) is 13.2 Å². The fourth-order valence-corrected chi connectivity index (χ4v) is 2.34. The lowest BCUT2D eigenvalue weighted by Crippen LogP contribution is -2.40. The fraction of sp³-hybridized carbons (Fsp3) is 0.364. The van der Waals surface area contributed by atoms with Crippen LogP contribution in [0.2, 0.25) is 0 Å². The molecule has 18 heavy (non-hydrogen) atoms. The van der Waals surface area contributed by atoms with Crippen LogP contribution in [-0.2, 0) is 21.2 Å². The maximum absolute atomic E-state index is 11.6. The topological polar surface area (TPSA) is 109 Å². The number of carbonyl (C=O) groups is 1. The molecule has 0 saturated heterocycles. The number of nitrogens with one attached hydrogen (secondary N) is 1. The Bertz CT molecular complexity index is 487. The van der Waals surface area contributed by atoms with Gasteiger partial charge in [0, 0.05) is 6.54 Å². The monoisotopic (exact) mass is 272 g/mol. The Labute approximate surface area is 106 Å². The summed E-state index contributed by atoms with van der Waals surface area (Å²) in [5, 5.41) is 9.07. The molecule has 1 unspecified atom stereocenters. The molecule has 0 aliphatic heterocycles. The highest BCUT2D eigenvalue weighted by atomic mass is 32.2. The van der Waals surface area contributed by atoms with Crippen LogP contribution in [0.15, 0.2) is 30.3 Å². The van der Waals surface area contributed by atoms with Crippen LogP contribution >= 0.6 is 0 Å². The average molecular weight is 272 g/mol. The van der Waals surface area contributed by atoms with Gasteiger partial charge in [0.15, 0.2) is 0 Å². The number of aliphatic hydroxyl groups is 1. The lowest BCUT2D eigenvalue weighted by molar-refractivity contribution is -0.125. The normalized spacial score (nSPS) is 13.2. The quantitative estimate of drug-likeness (QED) is 0.591. The first-order valence-corrected chi connectivity index (χ1v) is 7.04. The third kappa shape index (κ3) is 5.26. The summed E-state index contributed by atoms with van der Waals surface area (Å²) in [4.78, 5) is 10.5. The van der Waals surface area contributed by atoms with Crippen molar-refractivity contribution in [2.24, 2.45) is 5.73 Å². The van der Waals surface area contributed by atoms with Crippen molar-refractivity contribution in [3.8, 4) is 0 Å². The van der Waals surface area contributed by atoms with Gasteiger partial charge in [-0.25, -0.2) is 13.1 Å². The third-order valence-corrected chi connectivity index (χ3v) is 3.68. The van der Waals surface area contributed by atoms with Crippen molar-refractivity contribution in [2.45, 2.75) is 12.5 Å². The fourth-order valence-electron chi connectivity index (χ4n) is 1.28. The molecule has 0 aliphatic carbocycles. The summed E-state index contributed by atoms with van der Waals surface area (Å²) >= 11 is 0. The Hall–Kier alpha value is -1.44. The van der Waals surface area contributed by atoms with E-state index < -0.39 is 28.6 Å². The van der Waals surface area contributed by atoms with Crippen molar-refractivity contribution in [1.82, 2.24) is 4.72 Å². The Morgan fingerprint density at radius 2 is 1.94 bits per heavy atom. The number of aryl methyl sites for hydroxylation is 1. The number of hydrogen-bond donors (Lipinski definition) is 3. The number of benzene rings is 1. The second-order valence-electron chi connectivity index (χ2n) is 3.82. The lowest BCUT2D eigenvalue weighted by Gasteiger charge is -2.09. The number of sulfonamides is 1. The molecule has 0 aliphatic rings. The van der Waals surface area contributed by atoms with Crippen LogP contribution in [0.4, 0.5) is 0 Å². The third-order valence-electron chi connectivity index (χ3n) is 2.33. The van der Waals surface area contributed by atoms with Gasteiger partial charge < -0.3 is 10.8 Å². The summed E-state index contributed by atoms with van der Waals surface area (Å²) in [6.45, 7) is -0.396. The molecule has 100 valence electrons. The van der Waals surface area contributed by atoms with Gasteiger partial charge in [0.2, 0.25) is 15.9 Å². The predicted octanol–water partition coefficient (Wildman–Crippen LogP) is -1.01. The van der Waals surface area contributed by atoms with Crippen LogP contribution in [0.1, 0.15) is 5.56 Å². The van der Waals surface area contributed by atoms with E-state index in [1.165, 1.54) is 0 Å². The number of primary amides is 1. The number of nitrogens with two attached hydrogens (primary N) is 1. The van der Waals surface area contributed by atoms with E-state index in [1.54, 1.807) is 0 Å². The van der Waals surface area contributed by atoms with Gasteiger partial charge in [-0.1, -0.05) is 30.3 Å². The SMILES string of the molecule is NC(=O)C(O)CNS(=O)(=O)CCc1ccccc1. The number of carbonyl (C=O) groups excluding carboxylic acids is 1. The summed E-state index contributed by atoms with van der Waals surface area (Å²) in [7, 11) is -3.53. The highest BCUT2D eigenvalue weighted by Crippen LogP contribution is 2.01. The second kappa shape index (κ2) is 6.48. The summed E-state index contributed by atoms with van der Waals surface area (Å²) in [5.41, 5.74) is 5.71. The molecular formula is C11H16N2O4S. The summed E-state index contributed by atoms with van der Waals surface area (Å²) in [6.07, 6.45) is -1.14. The largest absolute Gasteiger partial charge is 0.382 e. The molecular weight excluding hydrogens is 256 g/mol. The number of hydrogen-bond acceptors (Lipinski definition) is 4. The first kappa shape index (κ1) is 14.6. The number of aliphatic hydroxyl groups excluding tert-OH is 1. The zero-order chi connectivity index (χ0) is 13.6. The van der Waals surface area contributed by atoms with E-state index in [1.807, 2.05) is 30.3 Å². The average Bonchev–Trinajstić information content (AvgIpc) is 2.35. The first-order chi connectivity index (χ1) is 8.41. The maximum atomic E-state index is 11.6. The van der Waals surface area contributed by atoms with Crippen LogP contribution in [0.3, 0.4) is 0 Å². The molecule has 0 fully saturated rings. The molecule has 0 heterocycles. The highest BCUT2D eigenvalue weighted by molar-refractivity contribution is 7.89. The lowest BCUT2D eigenvalue weighted by atomic mass is 10.2. The molecule has 6 nitrogen and oxygen atoms in total. The Morgan fingerprint density at radius 3 is 2.50 bits per heavy atom. The van der Waals surface area contributed by atoms with Crippen molar-refractivity contribution < 1.29 is 18.3 Å².